The third-order valence-electron chi connectivity index (χ3n) is 2.28. The minimum absolute atomic E-state index is 0.00639. The van der Waals surface area contributed by atoms with Crippen molar-refractivity contribution in [2.24, 2.45) is 0 Å². The quantitative estimate of drug-likeness (QED) is 0.772. The molecule has 0 saturated heterocycles. The number of hydrogen-bond donors (Lipinski definition) is 0. The van der Waals surface area contributed by atoms with Crippen LogP contribution in [0.25, 0.3) is 11.5 Å². The van der Waals surface area contributed by atoms with Gasteiger partial charge in [0.2, 0.25) is 0 Å². The van der Waals surface area contributed by atoms with Crippen molar-refractivity contribution in [3.05, 3.63) is 35.2 Å². The highest BCUT2D eigenvalue weighted by Gasteiger charge is 2.17. The summed E-state index contributed by atoms with van der Waals surface area (Å²) < 4.78 is 31.5. The van der Waals surface area contributed by atoms with Crippen molar-refractivity contribution < 1.29 is 13.3 Å². The first-order valence-corrected chi connectivity index (χ1v) is 5.36. The lowest BCUT2D eigenvalue weighted by Gasteiger charge is -2.00. The van der Waals surface area contributed by atoms with Gasteiger partial charge in [0, 0.05) is 6.07 Å². The van der Waals surface area contributed by atoms with Crippen LogP contribution in [0.4, 0.5) is 8.78 Å². The second-order valence-electron chi connectivity index (χ2n) is 3.65. The van der Waals surface area contributed by atoms with Crippen molar-refractivity contribution >= 4 is 11.6 Å². The number of hydrogen-bond acceptors (Lipinski definition) is 3. The van der Waals surface area contributed by atoms with Gasteiger partial charge in [-0.15, -0.1) is 11.6 Å². The number of alkyl halides is 1. The summed E-state index contributed by atoms with van der Waals surface area (Å²) in [4.78, 5) is 3.94. The summed E-state index contributed by atoms with van der Waals surface area (Å²) in [5, 5.41) is 3.17. The minimum atomic E-state index is -0.745. The molecule has 0 fully saturated rings. The van der Waals surface area contributed by atoms with Crippen LogP contribution in [0.3, 0.4) is 0 Å². The highest BCUT2D eigenvalue weighted by Crippen LogP contribution is 2.26. The smallest absolute Gasteiger partial charge is 0.260 e. The zero-order chi connectivity index (χ0) is 12.6. The normalized spacial score (nSPS) is 12.8. The molecule has 0 aliphatic rings. The molecule has 2 aromatic rings. The van der Waals surface area contributed by atoms with Gasteiger partial charge in [0.25, 0.3) is 5.89 Å². The van der Waals surface area contributed by atoms with Gasteiger partial charge < -0.3 is 4.52 Å². The first-order chi connectivity index (χ1) is 7.99. The van der Waals surface area contributed by atoms with Crippen LogP contribution in [0, 0.1) is 18.6 Å². The molecule has 0 spiro atoms. The van der Waals surface area contributed by atoms with E-state index in [4.69, 9.17) is 16.1 Å². The lowest BCUT2D eigenvalue weighted by molar-refractivity contribution is 0.420. The summed E-state index contributed by atoms with van der Waals surface area (Å²) >= 11 is 5.76. The van der Waals surface area contributed by atoms with E-state index in [1.807, 2.05) is 0 Å². The highest BCUT2D eigenvalue weighted by molar-refractivity contribution is 6.20. The molecule has 0 aliphatic carbocycles. The second-order valence-corrected chi connectivity index (χ2v) is 4.31. The van der Waals surface area contributed by atoms with E-state index < -0.39 is 17.0 Å². The Kier molecular flexibility index (Phi) is 3.11. The van der Waals surface area contributed by atoms with E-state index in [1.54, 1.807) is 6.92 Å². The summed E-state index contributed by atoms with van der Waals surface area (Å²) in [6.07, 6.45) is 0. The molecule has 3 nitrogen and oxygen atoms in total. The second kappa shape index (κ2) is 4.41. The summed E-state index contributed by atoms with van der Waals surface area (Å²) in [5.74, 6) is -1.10. The number of aryl methyl sites for hydroxylation is 1. The van der Waals surface area contributed by atoms with E-state index in [9.17, 15) is 8.78 Å². The maximum atomic E-state index is 13.5. The van der Waals surface area contributed by atoms with Crippen LogP contribution in [-0.4, -0.2) is 10.1 Å². The molecule has 0 amide bonds. The fraction of sp³-hybridized carbons (Fsp3) is 0.273. The number of halogens is 3. The first-order valence-electron chi connectivity index (χ1n) is 4.92. The molecule has 0 aliphatic heterocycles. The SMILES string of the molecule is Cc1cc(-c2nc(C(C)Cl)no2)c(F)cc1F. The van der Waals surface area contributed by atoms with Gasteiger partial charge in [-0.25, -0.2) is 8.78 Å². The maximum Gasteiger partial charge on any atom is 0.260 e. The molecule has 2 rings (SSSR count). The van der Waals surface area contributed by atoms with Gasteiger partial charge >= 0.3 is 0 Å². The Balaban J connectivity index is 2.49. The van der Waals surface area contributed by atoms with Crippen molar-refractivity contribution in [2.45, 2.75) is 19.2 Å². The average molecular weight is 259 g/mol. The van der Waals surface area contributed by atoms with E-state index in [1.165, 1.54) is 13.0 Å². The monoisotopic (exact) mass is 258 g/mol. The Bertz CT molecular complexity index is 554. The van der Waals surface area contributed by atoms with Crippen molar-refractivity contribution in [3.63, 3.8) is 0 Å². The zero-order valence-corrected chi connectivity index (χ0v) is 9.92. The topological polar surface area (TPSA) is 38.9 Å². The molecule has 0 radical (unpaired) electrons. The molecule has 1 aromatic carbocycles. The zero-order valence-electron chi connectivity index (χ0n) is 9.17. The van der Waals surface area contributed by atoms with E-state index in [-0.39, 0.29) is 17.3 Å². The first kappa shape index (κ1) is 12.0. The Morgan fingerprint density at radius 1 is 1.29 bits per heavy atom. The van der Waals surface area contributed by atoms with E-state index in [0.717, 1.165) is 6.07 Å². The Labute approximate surface area is 101 Å². The predicted octanol–water partition coefficient (Wildman–Crippen LogP) is 3.62. The van der Waals surface area contributed by atoms with Crippen LogP contribution in [0.2, 0.25) is 0 Å². The van der Waals surface area contributed by atoms with E-state index >= 15 is 0 Å². The van der Waals surface area contributed by atoms with Crippen LogP contribution >= 0.6 is 11.6 Å². The number of aromatic nitrogens is 2. The highest BCUT2D eigenvalue weighted by atomic mass is 35.5. The molecule has 17 heavy (non-hydrogen) atoms. The van der Waals surface area contributed by atoms with Gasteiger partial charge in [-0.2, -0.15) is 4.98 Å². The van der Waals surface area contributed by atoms with Gasteiger partial charge in [-0.1, -0.05) is 5.16 Å². The Morgan fingerprint density at radius 2 is 2.00 bits per heavy atom. The van der Waals surface area contributed by atoms with Crippen molar-refractivity contribution in [1.82, 2.24) is 10.1 Å². The number of rotatable bonds is 2. The Hall–Kier alpha value is -1.49. The fourth-order valence-electron chi connectivity index (χ4n) is 1.33. The van der Waals surface area contributed by atoms with Crippen LogP contribution < -0.4 is 0 Å². The largest absolute Gasteiger partial charge is 0.334 e. The van der Waals surface area contributed by atoms with Crippen molar-refractivity contribution in [2.75, 3.05) is 0 Å². The van der Waals surface area contributed by atoms with Crippen LogP contribution in [-0.2, 0) is 0 Å². The molecular formula is C11H9ClF2N2O. The van der Waals surface area contributed by atoms with Gasteiger partial charge in [-0.05, 0) is 25.5 Å². The van der Waals surface area contributed by atoms with Crippen molar-refractivity contribution in [1.29, 1.82) is 0 Å². The van der Waals surface area contributed by atoms with Crippen LogP contribution in [0.5, 0.6) is 0 Å². The summed E-state index contributed by atoms with van der Waals surface area (Å²) in [5.41, 5.74) is 0.375. The van der Waals surface area contributed by atoms with Crippen LogP contribution in [0.15, 0.2) is 16.7 Å². The molecule has 1 atom stereocenters. The minimum Gasteiger partial charge on any atom is -0.334 e. The standard InChI is InChI=1S/C11H9ClF2N2O/c1-5-3-7(9(14)4-8(5)13)11-15-10(6(2)12)16-17-11/h3-4,6H,1-2H3. The third-order valence-corrected chi connectivity index (χ3v) is 2.47. The van der Waals surface area contributed by atoms with E-state index in [0.29, 0.717) is 5.56 Å². The fourth-order valence-corrected chi connectivity index (χ4v) is 1.42. The van der Waals surface area contributed by atoms with Gasteiger partial charge in [0.1, 0.15) is 11.6 Å². The molecule has 1 heterocycles. The van der Waals surface area contributed by atoms with Gasteiger partial charge in [0.05, 0.1) is 10.9 Å². The summed E-state index contributed by atoms with van der Waals surface area (Å²) in [7, 11) is 0. The number of nitrogens with zero attached hydrogens (tertiary/aromatic N) is 2. The molecule has 6 heteroatoms. The predicted molar refractivity (Wildman–Crippen MR) is 58.7 cm³/mol. The third kappa shape index (κ3) is 2.29. The number of benzene rings is 1. The molecular weight excluding hydrogens is 250 g/mol. The lowest BCUT2D eigenvalue weighted by Crippen LogP contribution is -1.91. The molecule has 90 valence electrons. The molecule has 0 saturated carbocycles. The molecule has 0 bridgehead atoms. The van der Waals surface area contributed by atoms with Crippen LogP contribution in [0.1, 0.15) is 23.7 Å². The van der Waals surface area contributed by atoms with Crippen molar-refractivity contribution in [3.8, 4) is 11.5 Å². The lowest BCUT2D eigenvalue weighted by atomic mass is 10.1. The van der Waals surface area contributed by atoms with Gasteiger partial charge in [0.15, 0.2) is 5.82 Å². The van der Waals surface area contributed by atoms with Gasteiger partial charge in [-0.3, -0.25) is 0 Å². The molecule has 1 aromatic heterocycles. The molecule has 1 unspecified atom stereocenters. The molecule has 0 N–H and O–H groups in total. The summed E-state index contributed by atoms with van der Waals surface area (Å²) in [6.45, 7) is 3.20. The Morgan fingerprint density at radius 3 is 2.59 bits per heavy atom. The average Bonchev–Trinajstić information content (AvgIpc) is 2.72. The summed E-state index contributed by atoms with van der Waals surface area (Å²) in [6, 6.07) is 2.11. The van der Waals surface area contributed by atoms with E-state index in [2.05, 4.69) is 10.1 Å². The maximum absolute atomic E-state index is 13.5.